The number of aryl methyl sites for hydroxylation is 1. The molecular weight excluding hydrogens is 400 g/mol. The minimum absolute atomic E-state index is 0.129. The number of aromatic nitrogens is 2. The molecule has 0 spiro atoms. The summed E-state index contributed by atoms with van der Waals surface area (Å²) in [6.07, 6.45) is 0.763. The molecule has 0 amide bonds. The van der Waals surface area contributed by atoms with Crippen LogP contribution >= 0.6 is 11.3 Å². The first-order valence-corrected chi connectivity index (χ1v) is 10.4. The molecule has 6 nitrogen and oxygen atoms in total. The second-order valence-electron chi connectivity index (χ2n) is 6.59. The van der Waals surface area contributed by atoms with Gasteiger partial charge in [-0.1, -0.05) is 30.3 Å². The highest BCUT2D eigenvalue weighted by Crippen LogP contribution is 2.28. The molecule has 2 aromatic carbocycles. The van der Waals surface area contributed by atoms with Crippen molar-refractivity contribution in [2.24, 2.45) is 0 Å². The normalized spacial score (nSPS) is 10.9. The van der Waals surface area contributed by atoms with E-state index in [-0.39, 0.29) is 6.79 Å². The van der Waals surface area contributed by atoms with Crippen LogP contribution in [0.15, 0.2) is 65.2 Å². The molecule has 0 fully saturated rings. The van der Waals surface area contributed by atoms with Gasteiger partial charge in [-0.2, -0.15) is 0 Å². The number of thiazole rings is 1. The van der Waals surface area contributed by atoms with E-state index in [2.05, 4.69) is 24.2 Å². The Labute approximate surface area is 179 Å². The summed E-state index contributed by atoms with van der Waals surface area (Å²) >= 11 is 1.72. The highest BCUT2D eigenvalue weighted by atomic mass is 32.1. The first kappa shape index (κ1) is 20.1. The van der Waals surface area contributed by atoms with Gasteiger partial charge >= 0.3 is 0 Å². The third-order valence-corrected chi connectivity index (χ3v) is 5.54. The van der Waals surface area contributed by atoms with E-state index in [9.17, 15) is 0 Å². The van der Waals surface area contributed by atoms with Crippen LogP contribution in [0.3, 0.4) is 0 Å². The molecule has 0 radical (unpaired) electrons. The third kappa shape index (κ3) is 4.87. The first-order valence-electron chi connectivity index (χ1n) is 9.56. The molecule has 0 aliphatic heterocycles. The highest BCUT2D eigenvalue weighted by molar-refractivity contribution is 7.15. The fourth-order valence-electron chi connectivity index (χ4n) is 2.93. The summed E-state index contributed by atoms with van der Waals surface area (Å²) < 4.78 is 21.3. The van der Waals surface area contributed by atoms with Crippen LogP contribution < -0.4 is 9.47 Å². The number of methoxy groups -OCH3 is 1. The Morgan fingerprint density at radius 2 is 1.77 bits per heavy atom. The van der Waals surface area contributed by atoms with E-state index in [1.165, 1.54) is 4.88 Å². The minimum Gasteiger partial charge on any atom is -0.493 e. The fraction of sp³-hybridized carbons (Fsp3) is 0.217. The maximum Gasteiger partial charge on any atom is 0.256 e. The van der Waals surface area contributed by atoms with Gasteiger partial charge in [0.1, 0.15) is 10.8 Å². The van der Waals surface area contributed by atoms with Gasteiger partial charge in [-0.25, -0.2) is 4.98 Å². The summed E-state index contributed by atoms with van der Waals surface area (Å²) in [5.41, 5.74) is 3.13. The molecule has 4 rings (SSSR count). The van der Waals surface area contributed by atoms with E-state index in [0.29, 0.717) is 18.2 Å². The molecule has 30 heavy (non-hydrogen) atoms. The number of hydrogen-bond acceptors (Lipinski definition) is 7. The number of rotatable bonds is 9. The van der Waals surface area contributed by atoms with Crippen molar-refractivity contribution >= 4 is 11.3 Å². The topological polar surface area (TPSA) is 66.6 Å². The Morgan fingerprint density at radius 3 is 2.53 bits per heavy atom. The first-order chi connectivity index (χ1) is 14.7. The van der Waals surface area contributed by atoms with Crippen LogP contribution in [0, 0.1) is 6.92 Å². The van der Waals surface area contributed by atoms with Crippen molar-refractivity contribution < 1.29 is 18.7 Å². The average molecular weight is 423 g/mol. The SMILES string of the molecule is COCOc1cc(-c2ccc(OCCc3nc(-c4ccccc4)sc3C)cc2)on1. The lowest BCUT2D eigenvalue weighted by Crippen LogP contribution is -2.02. The van der Waals surface area contributed by atoms with Crippen LogP contribution in [0.25, 0.3) is 21.9 Å². The van der Waals surface area contributed by atoms with E-state index < -0.39 is 0 Å². The molecule has 0 N–H and O–H groups in total. The average Bonchev–Trinajstić information content (AvgIpc) is 3.40. The van der Waals surface area contributed by atoms with Gasteiger partial charge in [0.25, 0.3) is 5.88 Å². The van der Waals surface area contributed by atoms with Crippen LogP contribution in [0.2, 0.25) is 0 Å². The molecule has 0 saturated heterocycles. The lowest BCUT2D eigenvalue weighted by molar-refractivity contribution is 0.0453. The van der Waals surface area contributed by atoms with Gasteiger partial charge in [0.05, 0.1) is 12.3 Å². The van der Waals surface area contributed by atoms with Gasteiger partial charge in [0, 0.05) is 35.6 Å². The third-order valence-electron chi connectivity index (χ3n) is 4.47. The van der Waals surface area contributed by atoms with Crippen LogP contribution in [0.4, 0.5) is 0 Å². The number of ether oxygens (including phenoxy) is 3. The van der Waals surface area contributed by atoms with E-state index in [1.54, 1.807) is 24.5 Å². The van der Waals surface area contributed by atoms with Gasteiger partial charge < -0.3 is 18.7 Å². The molecule has 0 saturated carbocycles. The lowest BCUT2D eigenvalue weighted by atomic mass is 10.2. The lowest BCUT2D eigenvalue weighted by Gasteiger charge is -2.06. The molecule has 0 atom stereocenters. The summed E-state index contributed by atoms with van der Waals surface area (Å²) in [7, 11) is 1.55. The Hall–Kier alpha value is -3.16. The molecule has 7 heteroatoms. The summed E-state index contributed by atoms with van der Waals surface area (Å²) in [5.74, 6) is 1.81. The standard InChI is InChI=1S/C23H22N2O4S/c1-16-20(24-23(30-16)18-6-4-3-5-7-18)12-13-27-19-10-8-17(9-11-19)21-14-22(25-29-21)28-15-26-2/h3-11,14H,12-13,15H2,1-2H3. The van der Waals surface area contributed by atoms with Crippen LogP contribution in [0.5, 0.6) is 11.6 Å². The van der Waals surface area contributed by atoms with Gasteiger partial charge in [-0.05, 0) is 36.3 Å². The Bertz CT molecular complexity index is 1070. The molecule has 0 bridgehead atoms. The van der Waals surface area contributed by atoms with Crippen molar-refractivity contribution in [3.05, 3.63) is 71.2 Å². The van der Waals surface area contributed by atoms with Gasteiger partial charge in [-0.3, -0.25) is 0 Å². The summed E-state index contributed by atoms with van der Waals surface area (Å²) in [6, 6.07) is 19.7. The zero-order valence-electron chi connectivity index (χ0n) is 16.8. The molecule has 0 unspecified atom stereocenters. The summed E-state index contributed by atoms with van der Waals surface area (Å²) in [5, 5.41) is 4.90. The smallest absolute Gasteiger partial charge is 0.256 e. The zero-order valence-corrected chi connectivity index (χ0v) is 17.6. The summed E-state index contributed by atoms with van der Waals surface area (Å²) in [4.78, 5) is 6.01. The van der Waals surface area contributed by atoms with Crippen molar-refractivity contribution in [2.75, 3.05) is 20.5 Å². The second-order valence-corrected chi connectivity index (χ2v) is 7.79. The van der Waals surface area contributed by atoms with Crippen LogP contribution in [0.1, 0.15) is 10.6 Å². The highest BCUT2D eigenvalue weighted by Gasteiger charge is 2.10. The van der Waals surface area contributed by atoms with Gasteiger partial charge in [-0.15, -0.1) is 11.3 Å². The quantitative estimate of drug-likeness (QED) is 0.338. The number of nitrogens with zero attached hydrogens (tertiary/aromatic N) is 2. The largest absolute Gasteiger partial charge is 0.493 e. The van der Waals surface area contributed by atoms with Crippen molar-refractivity contribution in [1.29, 1.82) is 0 Å². The monoisotopic (exact) mass is 422 g/mol. The van der Waals surface area contributed by atoms with Crippen molar-refractivity contribution in [2.45, 2.75) is 13.3 Å². The number of benzene rings is 2. The molecule has 0 aliphatic carbocycles. The fourth-order valence-corrected chi connectivity index (χ4v) is 3.89. The molecule has 0 aliphatic rings. The minimum atomic E-state index is 0.129. The van der Waals surface area contributed by atoms with E-state index in [1.807, 2.05) is 42.5 Å². The predicted octanol–water partition coefficient (Wildman–Crippen LogP) is 5.38. The Balaban J connectivity index is 1.33. The Morgan fingerprint density at radius 1 is 0.967 bits per heavy atom. The van der Waals surface area contributed by atoms with Crippen molar-refractivity contribution in [3.8, 4) is 33.5 Å². The maximum atomic E-state index is 5.91. The summed E-state index contributed by atoms with van der Waals surface area (Å²) in [6.45, 7) is 2.80. The Kier molecular flexibility index (Phi) is 6.41. The van der Waals surface area contributed by atoms with Crippen molar-refractivity contribution in [1.82, 2.24) is 10.1 Å². The molecule has 2 aromatic heterocycles. The molecule has 4 aromatic rings. The maximum absolute atomic E-state index is 5.91. The molecule has 154 valence electrons. The van der Waals surface area contributed by atoms with E-state index >= 15 is 0 Å². The van der Waals surface area contributed by atoms with Gasteiger partial charge in [0.2, 0.25) is 0 Å². The zero-order chi connectivity index (χ0) is 20.8. The molecular formula is C23H22N2O4S. The van der Waals surface area contributed by atoms with E-state index in [4.69, 9.17) is 23.7 Å². The second kappa shape index (κ2) is 9.56. The van der Waals surface area contributed by atoms with Crippen molar-refractivity contribution in [3.63, 3.8) is 0 Å². The predicted molar refractivity (Wildman–Crippen MR) is 116 cm³/mol. The van der Waals surface area contributed by atoms with Gasteiger partial charge in [0.15, 0.2) is 12.6 Å². The van der Waals surface area contributed by atoms with E-state index in [0.717, 1.165) is 34.0 Å². The number of hydrogen-bond donors (Lipinski definition) is 0. The van der Waals surface area contributed by atoms with Crippen LogP contribution in [-0.2, 0) is 11.2 Å². The molecule has 2 heterocycles. The van der Waals surface area contributed by atoms with Crippen LogP contribution in [-0.4, -0.2) is 30.7 Å².